The van der Waals surface area contributed by atoms with E-state index in [9.17, 15) is 13.2 Å². The summed E-state index contributed by atoms with van der Waals surface area (Å²) in [6.07, 6.45) is 19.1. The van der Waals surface area contributed by atoms with Crippen LogP contribution in [0.1, 0.15) is 310 Å². The topological polar surface area (TPSA) is 160 Å². The van der Waals surface area contributed by atoms with Crippen LogP contribution in [0.25, 0.3) is 0 Å². The number of halogens is 4. The maximum absolute atomic E-state index is 12.0. The summed E-state index contributed by atoms with van der Waals surface area (Å²) in [7, 11) is 0. The van der Waals surface area contributed by atoms with Crippen molar-refractivity contribution < 1.29 is 27.4 Å². The molecule has 14 rings (SSSR count). The molecule has 0 N–H and O–H groups in total. The van der Waals surface area contributed by atoms with Gasteiger partial charge in [-0.25, -0.2) is 44.9 Å². The van der Waals surface area contributed by atoms with Gasteiger partial charge in [-0.05, 0) is 170 Å². The molecule has 664 valence electrons. The van der Waals surface area contributed by atoms with Gasteiger partial charge in [-0.3, -0.25) is 0 Å². The van der Waals surface area contributed by atoms with E-state index in [4.69, 9.17) is 25.8 Å². The molecule has 5 aliphatic rings. The minimum Gasteiger partial charge on any atom is -0.378 e. The lowest BCUT2D eigenvalue weighted by Crippen LogP contribution is -2.37. The Morgan fingerprint density at radius 1 is 0.370 bits per heavy atom. The van der Waals surface area contributed by atoms with Crippen molar-refractivity contribution in [3.8, 4) is 0 Å². The Kier molecular flexibility index (Phi) is 51.8. The maximum Gasteiger partial charge on any atom is 0.434 e. The Balaban J connectivity index is 0.000000455. The number of nitrogens with zero attached hydrogens (tertiary/aromatic N) is 14. The van der Waals surface area contributed by atoms with E-state index in [0.29, 0.717) is 57.5 Å². The first-order chi connectivity index (χ1) is 54.9. The summed E-state index contributed by atoms with van der Waals surface area (Å²) in [6, 6.07) is 25.2. The van der Waals surface area contributed by atoms with Crippen molar-refractivity contribution >= 4 is 74.7 Å². The molecule has 0 spiro atoms. The summed E-state index contributed by atoms with van der Waals surface area (Å²) in [4.78, 5) is 52.7. The largest absolute Gasteiger partial charge is 0.434 e. The Morgan fingerprint density at radius 3 is 1.11 bits per heavy atom. The maximum atomic E-state index is 12.0. The molecular weight excluding hydrogens is 1570 g/mol. The molecule has 0 amide bonds. The molecule has 0 unspecified atom stereocenters. The smallest absolute Gasteiger partial charge is 0.378 e. The van der Waals surface area contributed by atoms with E-state index in [1.807, 2.05) is 94.6 Å². The second-order valence-corrected chi connectivity index (χ2v) is 35.8. The second-order valence-electron chi connectivity index (χ2n) is 32.0. The zero-order valence-electron chi connectivity index (χ0n) is 72.6. The van der Waals surface area contributed by atoms with Crippen LogP contribution in [-0.4, -0.2) is 150 Å². The van der Waals surface area contributed by atoms with Gasteiger partial charge in [-0.15, -0.1) is 34.0 Å². The van der Waals surface area contributed by atoms with Crippen molar-refractivity contribution in [3.63, 3.8) is 0 Å². The zero-order chi connectivity index (χ0) is 84.0. The number of hydrogen-bond acceptors (Lipinski definition) is 20. The van der Waals surface area contributed by atoms with Gasteiger partial charge < -0.3 is 38.7 Å². The van der Waals surface area contributed by atoms with Crippen molar-refractivity contribution in [1.82, 2.24) is 44.9 Å². The van der Waals surface area contributed by atoms with Crippen LogP contribution in [0.2, 0.25) is 5.15 Å². The van der Waals surface area contributed by atoms with Crippen LogP contribution in [0.15, 0.2) is 128 Å². The van der Waals surface area contributed by atoms with Gasteiger partial charge in [0.2, 0.25) is 0 Å². The second kappa shape index (κ2) is 57.2. The fourth-order valence-corrected chi connectivity index (χ4v) is 14.9. The molecule has 9 aromatic rings. The van der Waals surface area contributed by atoms with Gasteiger partial charge >= 0.3 is 6.18 Å². The number of hydrogen-bond donors (Lipinski definition) is 0. The van der Waals surface area contributed by atoms with Crippen LogP contribution in [0.4, 0.5) is 42.3 Å². The molecule has 24 heteroatoms. The van der Waals surface area contributed by atoms with Crippen LogP contribution in [0.3, 0.4) is 0 Å². The Hall–Kier alpha value is -7.25. The van der Waals surface area contributed by atoms with Crippen molar-refractivity contribution in [3.05, 3.63) is 197 Å². The molecule has 17 nitrogen and oxygen atoms in total. The van der Waals surface area contributed by atoms with E-state index >= 15 is 0 Å². The molecule has 5 fully saturated rings. The molecule has 0 bridgehead atoms. The first-order valence-corrected chi connectivity index (χ1v) is 44.5. The Labute approximate surface area is 734 Å². The Morgan fingerprint density at radius 2 is 0.782 bits per heavy atom. The summed E-state index contributed by atoms with van der Waals surface area (Å²) in [5.41, 5.74) is 7.15. The van der Waals surface area contributed by atoms with Crippen molar-refractivity contribution in [2.45, 2.75) is 266 Å². The molecule has 5 aliphatic heterocycles. The minimum absolute atomic E-state index is 0. The summed E-state index contributed by atoms with van der Waals surface area (Å²) >= 11 is 10.2. The number of thiazole rings is 3. The lowest BCUT2D eigenvalue weighted by Gasteiger charge is -2.30. The third-order valence-electron chi connectivity index (χ3n) is 19.6. The predicted octanol–water partition coefficient (Wildman–Crippen LogP) is 26.4. The average molecular weight is 1720 g/mol. The molecule has 0 aromatic carbocycles. The summed E-state index contributed by atoms with van der Waals surface area (Å²) in [5, 5.41) is 4.55. The van der Waals surface area contributed by atoms with E-state index in [0.717, 1.165) is 119 Å². The fraction of sp³-hybridized carbons (Fsp3) is 0.589. The molecular formula is C95H150ClF3N14O3S3. The standard InChI is InChI=1S/2C13H20N2.3C12H18N2O.C8H10ClN.C7H8F3NS.2C7H11NS.4CH4/c1-11(2)12-7-6-8-14-13(12)15-9-4-3-5-10-15;1-11(2)12-6-7-13(14-10-12)15-8-4-3-5-9-15;1-10(2)11-3-4-13-12(9-11)14-5-7-15-8-6-14;1-10(2)11-3-4-12(13-9-11)14-5-7-15-8-6-14;1-10(2)11-4-3-5-13-12(11)14-6-8-15-9-7-14;1-6(2)7-3-4-8(9)10-5-7;1-4(2)6-11-5(3-12-6)7(8,9)10;1-5(2)7-4-8-6(3)9-7;1-5(2)7-8-4-6(3)9-7;;;;/h6-8,11H,3-5,9-10H2,1-2H3;6-7,10-11H,3-5,8-9H2,1-2H3;2*3-4,9-10H,5-8H2,1-2H3;3-5,10H,6-9H2,1-2H3;3-6H,1-2H3;3-4H,1-2H3;2*4-5H,1-3H3;4*1H4. The molecule has 0 saturated carbocycles. The van der Waals surface area contributed by atoms with Gasteiger partial charge in [-0.2, -0.15) is 13.2 Å². The zero-order valence-corrected chi connectivity index (χ0v) is 75.8. The molecule has 0 aliphatic carbocycles. The van der Waals surface area contributed by atoms with E-state index in [-0.39, 0.29) is 35.6 Å². The van der Waals surface area contributed by atoms with Crippen LogP contribution < -0.4 is 24.5 Å². The molecule has 9 aromatic heterocycles. The normalized spacial score (nSPS) is 14.5. The van der Waals surface area contributed by atoms with Gasteiger partial charge in [0.05, 0.1) is 54.7 Å². The third-order valence-corrected chi connectivity index (χ3v) is 23.4. The molecule has 14 heterocycles. The van der Waals surface area contributed by atoms with Crippen molar-refractivity contribution in [2.24, 2.45) is 0 Å². The number of rotatable bonds is 14. The van der Waals surface area contributed by atoms with Crippen LogP contribution >= 0.6 is 45.6 Å². The fourth-order valence-electron chi connectivity index (χ4n) is 12.4. The predicted molar refractivity (Wildman–Crippen MR) is 506 cm³/mol. The summed E-state index contributed by atoms with van der Waals surface area (Å²) < 4.78 is 52.0. The number of aromatic nitrogens is 9. The van der Waals surface area contributed by atoms with E-state index in [2.05, 4.69) is 236 Å². The number of morpholine rings is 3. The third kappa shape index (κ3) is 38.8. The Bertz CT molecular complexity index is 3890. The molecule has 5 saturated heterocycles. The number of ether oxygens (including phenoxy) is 3. The quantitative estimate of drug-likeness (QED) is 0.0945. The lowest BCUT2D eigenvalue weighted by atomic mass is 10.0. The lowest BCUT2D eigenvalue weighted by molar-refractivity contribution is -0.140. The average Bonchev–Trinajstić information content (AvgIpc) is 1.59. The summed E-state index contributed by atoms with van der Waals surface area (Å²) in [6.45, 7) is 58.1. The van der Waals surface area contributed by atoms with Gasteiger partial charge in [0, 0.05) is 142 Å². The van der Waals surface area contributed by atoms with Crippen molar-refractivity contribution in [2.75, 3.05) is 130 Å². The van der Waals surface area contributed by atoms with Gasteiger partial charge in [0.15, 0.2) is 5.69 Å². The molecule has 119 heavy (non-hydrogen) atoms. The number of aryl methyl sites for hydroxylation is 2. The van der Waals surface area contributed by atoms with E-state index < -0.39 is 11.9 Å². The molecule has 0 radical (unpaired) electrons. The van der Waals surface area contributed by atoms with E-state index in [1.54, 1.807) is 22.7 Å². The van der Waals surface area contributed by atoms with Gasteiger partial charge in [-0.1, -0.05) is 196 Å². The molecule has 0 atom stereocenters. The first kappa shape index (κ1) is 108. The SMILES string of the molecule is C.C.C.C.CC(C)c1ccc(Cl)nc1.CC(C)c1ccc(N2CCCCC2)nc1.CC(C)c1ccc(N2CCOCC2)nc1.CC(C)c1cccnc1N1CCCCC1.CC(C)c1cccnc1N1CCOCC1.CC(C)c1ccnc(N2CCOCC2)c1.CC(C)c1nc(C(F)(F)F)cs1.Cc1cnc(C(C)C)s1.Cc1ncc(C(C)C)s1. The van der Waals surface area contributed by atoms with Gasteiger partial charge in [0.1, 0.15) is 34.2 Å². The van der Waals surface area contributed by atoms with Crippen LogP contribution in [0, 0.1) is 13.8 Å². The first-order valence-electron chi connectivity index (χ1n) is 41.6. The van der Waals surface area contributed by atoms with E-state index in [1.165, 1.54) is 124 Å². The number of alkyl halides is 3. The highest BCUT2D eigenvalue weighted by Gasteiger charge is 2.34. The highest BCUT2D eigenvalue weighted by Crippen LogP contribution is 2.33. The van der Waals surface area contributed by atoms with Crippen LogP contribution in [-0.2, 0) is 20.4 Å². The van der Waals surface area contributed by atoms with Gasteiger partial charge in [0.25, 0.3) is 0 Å². The highest BCUT2D eigenvalue weighted by atomic mass is 35.5. The number of piperidine rings is 2. The number of anilines is 5. The minimum atomic E-state index is -4.30. The van der Waals surface area contributed by atoms with Crippen LogP contribution in [0.5, 0.6) is 0 Å². The summed E-state index contributed by atoms with van der Waals surface area (Å²) in [5.74, 6) is 10.3. The monoisotopic (exact) mass is 1720 g/mol. The highest BCUT2D eigenvalue weighted by molar-refractivity contribution is 7.12. The number of pyridine rings is 6. The van der Waals surface area contributed by atoms with Crippen molar-refractivity contribution in [1.29, 1.82) is 0 Å².